The second-order valence-corrected chi connectivity index (χ2v) is 6.56. The zero-order valence-electron chi connectivity index (χ0n) is 16.0. The first-order valence-corrected chi connectivity index (χ1v) is 9.27. The highest BCUT2D eigenvalue weighted by Crippen LogP contribution is 2.24. The molecule has 1 N–H and O–H groups in total. The van der Waals surface area contributed by atoms with Crippen LogP contribution in [-0.4, -0.2) is 23.1 Å². The largest absolute Gasteiger partial charge is 0.490 e. The quantitative estimate of drug-likeness (QED) is 0.413. The number of nitrogens with one attached hydrogen (secondary N) is 1. The summed E-state index contributed by atoms with van der Waals surface area (Å²) in [6.07, 6.45) is 5.03. The van der Waals surface area contributed by atoms with E-state index in [4.69, 9.17) is 4.74 Å². The number of benzene rings is 2. The standard InChI is InChI=1S/C23H19F2N3O.ClH/c24-19-6-7-20(21(25)12-19)18-11-16(14-27-15-18)13-26-9-10-29-22-5-1-3-17-4-2-8-28-23(17)22;/h1-8,11-12,14-15,26H,9-10,13H2;1H. The van der Waals surface area contributed by atoms with Crippen LogP contribution in [0.4, 0.5) is 8.78 Å². The van der Waals surface area contributed by atoms with Crippen molar-refractivity contribution in [1.82, 2.24) is 15.3 Å². The molecule has 0 radical (unpaired) electrons. The summed E-state index contributed by atoms with van der Waals surface area (Å²) >= 11 is 0. The number of para-hydroxylation sites is 1. The molecule has 0 bridgehead atoms. The van der Waals surface area contributed by atoms with Gasteiger partial charge in [0.2, 0.25) is 0 Å². The van der Waals surface area contributed by atoms with Gasteiger partial charge in [0, 0.05) is 54.3 Å². The fourth-order valence-electron chi connectivity index (χ4n) is 3.11. The van der Waals surface area contributed by atoms with Gasteiger partial charge in [0.15, 0.2) is 0 Å². The molecular formula is C23H20ClF2N3O. The van der Waals surface area contributed by atoms with Crippen LogP contribution in [0.3, 0.4) is 0 Å². The number of pyridine rings is 2. The lowest BCUT2D eigenvalue weighted by Gasteiger charge is -2.10. The van der Waals surface area contributed by atoms with E-state index in [0.717, 1.165) is 28.3 Å². The van der Waals surface area contributed by atoms with Crippen LogP contribution in [-0.2, 0) is 6.54 Å². The second-order valence-electron chi connectivity index (χ2n) is 6.56. The number of ether oxygens (including phenoxy) is 1. The summed E-state index contributed by atoms with van der Waals surface area (Å²) in [5.41, 5.74) is 2.68. The number of hydrogen-bond acceptors (Lipinski definition) is 4. The van der Waals surface area contributed by atoms with Crippen LogP contribution in [0.5, 0.6) is 5.75 Å². The lowest BCUT2D eigenvalue weighted by atomic mass is 10.1. The molecule has 2 aromatic carbocycles. The van der Waals surface area contributed by atoms with Crippen molar-refractivity contribution in [3.8, 4) is 16.9 Å². The van der Waals surface area contributed by atoms with Gasteiger partial charge in [0.1, 0.15) is 29.5 Å². The third-order valence-electron chi connectivity index (χ3n) is 4.50. The van der Waals surface area contributed by atoms with E-state index in [1.165, 1.54) is 12.1 Å². The Morgan fingerprint density at radius 3 is 2.70 bits per heavy atom. The molecule has 0 fully saturated rings. The lowest BCUT2D eigenvalue weighted by molar-refractivity contribution is 0.316. The minimum Gasteiger partial charge on any atom is -0.490 e. The Kier molecular flexibility index (Phi) is 7.27. The Morgan fingerprint density at radius 1 is 0.967 bits per heavy atom. The van der Waals surface area contributed by atoms with E-state index in [2.05, 4.69) is 15.3 Å². The average Bonchev–Trinajstić information content (AvgIpc) is 2.74. The molecule has 2 aromatic heterocycles. The molecule has 0 spiro atoms. The fraction of sp³-hybridized carbons (Fsp3) is 0.130. The van der Waals surface area contributed by atoms with Crippen molar-refractivity contribution in [3.05, 3.63) is 90.4 Å². The van der Waals surface area contributed by atoms with Gasteiger partial charge in [-0.2, -0.15) is 0 Å². The summed E-state index contributed by atoms with van der Waals surface area (Å²) in [7, 11) is 0. The predicted molar refractivity (Wildman–Crippen MR) is 116 cm³/mol. The summed E-state index contributed by atoms with van der Waals surface area (Å²) < 4.78 is 32.9. The summed E-state index contributed by atoms with van der Waals surface area (Å²) in [4.78, 5) is 8.54. The Bertz CT molecular complexity index is 1130. The molecule has 2 heterocycles. The molecule has 0 saturated carbocycles. The van der Waals surface area contributed by atoms with Crippen molar-refractivity contribution in [3.63, 3.8) is 0 Å². The highest BCUT2D eigenvalue weighted by atomic mass is 35.5. The van der Waals surface area contributed by atoms with E-state index in [9.17, 15) is 8.78 Å². The zero-order valence-corrected chi connectivity index (χ0v) is 16.8. The van der Waals surface area contributed by atoms with Gasteiger partial charge in [-0.25, -0.2) is 8.78 Å². The van der Waals surface area contributed by atoms with Gasteiger partial charge in [-0.05, 0) is 35.9 Å². The summed E-state index contributed by atoms with van der Waals surface area (Å²) in [5, 5.41) is 4.32. The normalized spacial score (nSPS) is 10.6. The monoisotopic (exact) mass is 427 g/mol. The van der Waals surface area contributed by atoms with E-state index >= 15 is 0 Å². The van der Waals surface area contributed by atoms with E-state index in [1.54, 1.807) is 18.6 Å². The molecule has 0 aliphatic carbocycles. The molecule has 154 valence electrons. The highest BCUT2D eigenvalue weighted by molar-refractivity contribution is 5.85. The third-order valence-corrected chi connectivity index (χ3v) is 4.50. The average molecular weight is 428 g/mol. The van der Waals surface area contributed by atoms with E-state index < -0.39 is 11.6 Å². The summed E-state index contributed by atoms with van der Waals surface area (Å²) in [6.45, 7) is 1.66. The number of halogens is 3. The van der Waals surface area contributed by atoms with Crippen molar-refractivity contribution in [2.24, 2.45) is 0 Å². The zero-order chi connectivity index (χ0) is 20.1. The molecular weight excluding hydrogens is 408 g/mol. The van der Waals surface area contributed by atoms with Crippen molar-refractivity contribution in [2.75, 3.05) is 13.2 Å². The molecule has 0 aliphatic heterocycles. The van der Waals surface area contributed by atoms with Crippen LogP contribution in [0.2, 0.25) is 0 Å². The first kappa shape index (κ1) is 21.6. The van der Waals surface area contributed by atoms with Crippen LogP contribution in [0.25, 0.3) is 22.0 Å². The molecule has 30 heavy (non-hydrogen) atoms. The van der Waals surface area contributed by atoms with Crippen LogP contribution < -0.4 is 10.1 Å². The van der Waals surface area contributed by atoms with Gasteiger partial charge in [-0.1, -0.05) is 18.2 Å². The van der Waals surface area contributed by atoms with Gasteiger partial charge in [0.25, 0.3) is 0 Å². The topological polar surface area (TPSA) is 47.0 Å². The Hall–Kier alpha value is -3.09. The number of rotatable bonds is 7. The number of aromatic nitrogens is 2. The molecule has 0 unspecified atom stereocenters. The maximum absolute atomic E-state index is 14.0. The predicted octanol–water partition coefficient (Wildman–Crippen LogP) is 5.17. The molecule has 4 aromatic rings. The third kappa shape index (κ3) is 5.09. The maximum Gasteiger partial charge on any atom is 0.145 e. The first-order chi connectivity index (χ1) is 14.2. The first-order valence-electron chi connectivity index (χ1n) is 9.27. The van der Waals surface area contributed by atoms with Gasteiger partial charge >= 0.3 is 0 Å². The van der Waals surface area contributed by atoms with Crippen LogP contribution in [0.1, 0.15) is 5.56 Å². The minimum absolute atomic E-state index is 0. The number of nitrogens with zero attached hydrogens (tertiary/aromatic N) is 2. The Balaban J connectivity index is 0.00000256. The molecule has 4 rings (SSSR count). The fourth-order valence-corrected chi connectivity index (χ4v) is 3.11. The van der Waals surface area contributed by atoms with Gasteiger partial charge in [-0.15, -0.1) is 12.4 Å². The van der Waals surface area contributed by atoms with Gasteiger partial charge in [0.05, 0.1) is 0 Å². The molecule has 0 amide bonds. The van der Waals surface area contributed by atoms with E-state index in [-0.39, 0.29) is 12.4 Å². The lowest BCUT2D eigenvalue weighted by Crippen LogP contribution is -2.20. The van der Waals surface area contributed by atoms with Crippen molar-refractivity contribution < 1.29 is 13.5 Å². The van der Waals surface area contributed by atoms with Crippen LogP contribution in [0.15, 0.2) is 73.2 Å². The van der Waals surface area contributed by atoms with Crippen molar-refractivity contribution in [1.29, 1.82) is 0 Å². The maximum atomic E-state index is 14.0. The second kappa shape index (κ2) is 10.1. The molecule has 0 saturated heterocycles. The smallest absolute Gasteiger partial charge is 0.145 e. The van der Waals surface area contributed by atoms with E-state index in [1.807, 2.05) is 36.4 Å². The van der Waals surface area contributed by atoms with Gasteiger partial charge in [-0.3, -0.25) is 9.97 Å². The Labute approximate surface area is 179 Å². The molecule has 0 atom stereocenters. The minimum atomic E-state index is -0.603. The van der Waals surface area contributed by atoms with Crippen molar-refractivity contribution in [2.45, 2.75) is 6.54 Å². The van der Waals surface area contributed by atoms with Crippen molar-refractivity contribution >= 4 is 23.3 Å². The SMILES string of the molecule is Cl.Fc1ccc(-c2cncc(CNCCOc3cccc4cccnc34)c2)c(F)c1. The molecule has 0 aliphatic rings. The molecule has 7 heteroatoms. The van der Waals surface area contributed by atoms with E-state index in [0.29, 0.717) is 30.8 Å². The van der Waals surface area contributed by atoms with Crippen LogP contribution >= 0.6 is 12.4 Å². The van der Waals surface area contributed by atoms with Gasteiger partial charge < -0.3 is 10.1 Å². The summed E-state index contributed by atoms with van der Waals surface area (Å²) in [6, 6.07) is 15.1. The summed E-state index contributed by atoms with van der Waals surface area (Å²) in [5.74, 6) is -0.451. The molecule has 4 nitrogen and oxygen atoms in total. The number of hydrogen-bond donors (Lipinski definition) is 1. The number of fused-ring (bicyclic) bond motifs is 1. The highest BCUT2D eigenvalue weighted by Gasteiger charge is 2.08. The Morgan fingerprint density at radius 2 is 1.83 bits per heavy atom. The van der Waals surface area contributed by atoms with Crippen LogP contribution in [0, 0.1) is 11.6 Å².